The van der Waals surface area contributed by atoms with Gasteiger partial charge in [0.2, 0.25) is 0 Å². The maximum Gasteiger partial charge on any atom is 0.126 e. The Balaban J connectivity index is 3.01. The molecule has 0 amide bonds. The fourth-order valence-corrected chi connectivity index (χ4v) is 1.20. The standard InChI is InChI=1S/C11H13F2N/c1-2-8(7-14)3-9-4-10(12)6-11(13)5-9/h3-6H,2,7,14H2,1H3/b8-3-. The molecule has 0 bridgehead atoms. The van der Waals surface area contributed by atoms with E-state index in [9.17, 15) is 8.78 Å². The Labute approximate surface area is 82.2 Å². The van der Waals surface area contributed by atoms with Gasteiger partial charge in [-0.2, -0.15) is 0 Å². The minimum Gasteiger partial charge on any atom is -0.327 e. The summed E-state index contributed by atoms with van der Waals surface area (Å²) in [5.74, 6) is -1.13. The molecule has 76 valence electrons. The first-order valence-electron chi connectivity index (χ1n) is 4.51. The highest BCUT2D eigenvalue weighted by Crippen LogP contribution is 2.12. The number of hydrogen-bond acceptors (Lipinski definition) is 1. The summed E-state index contributed by atoms with van der Waals surface area (Å²) < 4.78 is 25.6. The fourth-order valence-electron chi connectivity index (χ4n) is 1.20. The Kier molecular flexibility index (Phi) is 3.77. The molecule has 1 nitrogen and oxygen atoms in total. The van der Waals surface area contributed by atoms with E-state index >= 15 is 0 Å². The zero-order valence-electron chi connectivity index (χ0n) is 8.06. The summed E-state index contributed by atoms with van der Waals surface area (Å²) in [6.07, 6.45) is 2.50. The second kappa shape index (κ2) is 4.86. The molecule has 1 rings (SSSR count). The van der Waals surface area contributed by atoms with E-state index in [1.165, 1.54) is 12.1 Å². The molecule has 0 aliphatic rings. The van der Waals surface area contributed by atoms with Crippen molar-refractivity contribution in [2.45, 2.75) is 13.3 Å². The van der Waals surface area contributed by atoms with Crippen LogP contribution >= 0.6 is 0 Å². The molecule has 0 aromatic heterocycles. The van der Waals surface area contributed by atoms with E-state index in [4.69, 9.17) is 5.73 Å². The Morgan fingerprint density at radius 3 is 2.29 bits per heavy atom. The van der Waals surface area contributed by atoms with Crippen molar-refractivity contribution >= 4 is 6.08 Å². The van der Waals surface area contributed by atoms with E-state index in [2.05, 4.69) is 0 Å². The Morgan fingerprint density at radius 1 is 1.29 bits per heavy atom. The van der Waals surface area contributed by atoms with Gasteiger partial charge in [0.15, 0.2) is 0 Å². The monoisotopic (exact) mass is 197 g/mol. The minimum absolute atomic E-state index is 0.411. The summed E-state index contributed by atoms with van der Waals surface area (Å²) in [5.41, 5.74) is 6.94. The Hall–Kier alpha value is -1.22. The lowest BCUT2D eigenvalue weighted by atomic mass is 10.1. The van der Waals surface area contributed by atoms with Gasteiger partial charge in [-0.25, -0.2) is 8.78 Å². The first-order chi connectivity index (χ1) is 6.65. The van der Waals surface area contributed by atoms with Crippen molar-refractivity contribution in [3.8, 4) is 0 Å². The molecular formula is C11H13F2N. The fraction of sp³-hybridized carbons (Fsp3) is 0.273. The van der Waals surface area contributed by atoms with Crippen LogP contribution < -0.4 is 5.73 Å². The Morgan fingerprint density at radius 2 is 1.86 bits per heavy atom. The van der Waals surface area contributed by atoms with E-state index in [0.29, 0.717) is 12.1 Å². The van der Waals surface area contributed by atoms with Crippen LogP contribution in [0.3, 0.4) is 0 Å². The van der Waals surface area contributed by atoms with Crippen LogP contribution in [-0.4, -0.2) is 6.54 Å². The van der Waals surface area contributed by atoms with Crippen molar-refractivity contribution in [3.63, 3.8) is 0 Å². The van der Waals surface area contributed by atoms with Crippen molar-refractivity contribution in [2.24, 2.45) is 5.73 Å². The van der Waals surface area contributed by atoms with Crippen LogP contribution in [0.5, 0.6) is 0 Å². The molecule has 0 aliphatic carbocycles. The molecule has 0 fully saturated rings. The van der Waals surface area contributed by atoms with Crippen LogP contribution in [-0.2, 0) is 0 Å². The maximum absolute atomic E-state index is 12.8. The van der Waals surface area contributed by atoms with Gasteiger partial charge in [0, 0.05) is 12.6 Å². The lowest BCUT2D eigenvalue weighted by Gasteiger charge is -2.01. The Bertz CT molecular complexity index is 319. The molecule has 3 heteroatoms. The molecule has 0 radical (unpaired) electrons. The van der Waals surface area contributed by atoms with Crippen molar-refractivity contribution in [1.82, 2.24) is 0 Å². The van der Waals surface area contributed by atoms with Gasteiger partial charge in [0.05, 0.1) is 0 Å². The quantitative estimate of drug-likeness (QED) is 0.792. The molecule has 0 unspecified atom stereocenters. The smallest absolute Gasteiger partial charge is 0.126 e. The highest BCUT2D eigenvalue weighted by atomic mass is 19.1. The van der Waals surface area contributed by atoms with Crippen LogP contribution in [0, 0.1) is 11.6 Å². The number of nitrogens with two attached hydrogens (primary N) is 1. The number of hydrogen-bond donors (Lipinski definition) is 1. The van der Waals surface area contributed by atoms with Crippen molar-refractivity contribution < 1.29 is 8.78 Å². The largest absolute Gasteiger partial charge is 0.327 e. The van der Waals surface area contributed by atoms with Gasteiger partial charge in [-0.15, -0.1) is 0 Å². The molecule has 1 aromatic rings. The topological polar surface area (TPSA) is 26.0 Å². The molecule has 0 saturated carbocycles. The first kappa shape index (κ1) is 10.9. The number of rotatable bonds is 3. The molecule has 2 N–H and O–H groups in total. The average molecular weight is 197 g/mol. The van der Waals surface area contributed by atoms with E-state index < -0.39 is 11.6 Å². The van der Waals surface area contributed by atoms with Crippen LogP contribution in [0.2, 0.25) is 0 Å². The number of halogens is 2. The van der Waals surface area contributed by atoms with E-state index in [1.54, 1.807) is 6.08 Å². The minimum atomic E-state index is -0.566. The van der Waals surface area contributed by atoms with E-state index in [0.717, 1.165) is 18.1 Å². The van der Waals surface area contributed by atoms with Gasteiger partial charge in [-0.05, 0) is 24.1 Å². The van der Waals surface area contributed by atoms with Crippen LogP contribution in [0.25, 0.3) is 6.08 Å². The lowest BCUT2D eigenvalue weighted by molar-refractivity contribution is 0.583. The molecular weight excluding hydrogens is 184 g/mol. The number of benzene rings is 1. The summed E-state index contributed by atoms with van der Waals surface area (Å²) in [4.78, 5) is 0. The summed E-state index contributed by atoms with van der Waals surface area (Å²) in [5, 5.41) is 0. The van der Waals surface area contributed by atoms with Crippen molar-refractivity contribution in [3.05, 3.63) is 41.0 Å². The van der Waals surface area contributed by atoms with Gasteiger partial charge in [-0.1, -0.05) is 18.6 Å². The summed E-state index contributed by atoms with van der Waals surface area (Å²) in [6.45, 7) is 2.36. The molecule has 0 heterocycles. The first-order valence-corrected chi connectivity index (χ1v) is 4.51. The molecule has 14 heavy (non-hydrogen) atoms. The van der Waals surface area contributed by atoms with E-state index in [1.807, 2.05) is 6.92 Å². The predicted octanol–water partition coefficient (Wildman–Crippen LogP) is 2.72. The highest BCUT2D eigenvalue weighted by molar-refractivity contribution is 5.53. The van der Waals surface area contributed by atoms with Crippen LogP contribution in [0.1, 0.15) is 18.9 Å². The van der Waals surface area contributed by atoms with Gasteiger partial charge < -0.3 is 5.73 Å². The second-order valence-electron chi connectivity index (χ2n) is 3.06. The van der Waals surface area contributed by atoms with Gasteiger partial charge in [0.25, 0.3) is 0 Å². The molecule has 1 aromatic carbocycles. The lowest BCUT2D eigenvalue weighted by Crippen LogP contribution is -2.01. The normalized spacial score (nSPS) is 11.9. The third-order valence-electron chi connectivity index (χ3n) is 1.97. The zero-order valence-corrected chi connectivity index (χ0v) is 8.06. The summed E-state index contributed by atoms with van der Waals surface area (Å²) >= 11 is 0. The summed E-state index contributed by atoms with van der Waals surface area (Å²) in [7, 11) is 0. The van der Waals surface area contributed by atoms with Crippen LogP contribution in [0.4, 0.5) is 8.78 Å². The van der Waals surface area contributed by atoms with Crippen molar-refractivity contribution in [1.29, 1.82) is 0 Å². The van der Waals surface area contributed by atoms with Gasteiger partial charge in [-0.3, -0.25) is 0 Å². The van der Waals surface area contributed by atoms with Crippen molar-refractivity contribution in [2.75, 3.05) is 6.54 Å². The van der Waals surface area contributed by atoms with Gasteiger partial charge in [0.1, 0.15) is 11.6 Å². The highest BCUT2D eigenvalue weighted by Gasteiger charge is 1.99. The summed E-state index contributed by atoms with van der Waals surface area (Å²) in [6, 6.07) is 3.42. The maximum atomic E-state index is 12.8. The van der Waals surface area contributed by atoms with Gasteiger partial charge >= 0.3 is 0 Å². The predicted molar refractivity (Wildman–Crippen MR) is 53.7 cm³/mol. The van der Waals surface area contributed by atoms with E-state index in [-0.39, 0.29) is 0 Å². The second-order valence-corrected chi connectivity index (χ2v) is 3.06. The molecule has 0 aliphatic heterocycles. The zero-order chi connectivity index (χ0) is 10.6. The molecule has 0 spiro atoms. The SMILES string of the molecule is CC/C(=C/c1cc(F)cc(F)c1)CN. The third kappa shape index (κ3) is 2.92. The molecule has 0 atom stereocenters. The average Bonchev–Trinajstić information content (AvgIpc) is 2.12. The van der Waals surface area contributed by atoms with Crippen LogP contribution in [0.15, 0.2) is 23.8 Å². The third-order valence-corrected chi connectivity index (χ3v) is 1.97. The molecule has 0 saturated heterocycles.